The van der Waals surface area contributed by atoms with Gasteiger partial charge in [-0.15, -0.1) is 11.3 Å². The molecule has 3 heterocycles. The summed E-state index contributed by atoms with van der Waals surface area (Å²) < 4.78 is 7.88. The van der Waals surface area contributed by atoms with Crippen LogP contribution in [-0.2, 0) is 7.05 Å². The average molecular weight is 407 g/mol. The summed E-state index contributed by atoms with van der Waals surface area (Å²) in [6.07, 6.45) is 6.31. The van der Waals surface area contributed by atoms with Crippen LogP contribution in [0.25, 0.3) is 43.9 Å². The Morgan fingerprint density at radius 3 is 2.47 bits per heavy atom. The van der Waals surface area contributed by atoms with E-state index in [4.69, 9.17) is 28.1 Å². The number of allylic oxidation sites excluding steroid dienone is 4. The molecule has 0 amide bonds. The molecular weight excluding hydrogens is 394 g/mol. The zero-order valence-corrected chi connectivity index (χ0v) is 16.6. The molecule has 0 N–H and O–H groups in total. The fourth-order valence-electron chi connectivity index (χ4n) is 2.71. The summed E-state index contributed by atoms with van der Waals surface area (Å²) >= 11 is 1.50. The second-order valence-corrected chi connectivity index (χ2v) is 7.07. The predicted octanol–water partition coefficient (Wildman–Crippen LogP) is 6.14. The molecule has 30 heavy (non-hydrogen) atoms. The monoisotopic (exact) mass is 407 g/mol. The normalized spacial score (nSPS) is 11.6. The summed E-state index contributed by atoms with van der Waals surface area (Å²) in [5.74, 6) is 1.30. The van der Waals surface area contributed by atoms with E-state index in [2.05, 4.69) is 9.69 Å². The van der Waals surface area contributed by atoms with Gasteiger partial charge < -0.3 is 8.98 Å². The molecule has 3 aromatic rings. The van der Waals surface area contributed by atoms with Crippen molar-refractivity contribution in [3.8, 4) is 34.2 Å². The van der Waals surface area contributed by atoms with Crippen LogP contribution >= 0.6 is 11.3 Å². The number of thiophene rings is 1. The Bertz CT molecular complexity index is 1320. The highest BCUT2D eigenvalue weighted by molar-refractivity contribution is 7.16. The number of aromatic nitrogens is 1. The molecule has 3 rings (SSSR count). The van der Waals surface area contributed by atoms with Crippen molar-refractivity contribution in [2.24, 2.45) is 7.05 Å². The van der Waals surface area contributed by atoms with Crippen LogP contribution in [0, 0.1) is 35.8 Å². The van der Waals surface area contributed by atoms with E-state index in [0.29, 0.717) is 11.5 Å². The first kappa shape index (κ1) is 20.2. The molecular formula is C23H13N5OS. The highest BCUT2D eigenvalue weighted by Crippen LogP contribution is 2.34. The lowest BCUT2D eigenvalue weighted by Crippen LogP contribution is -1.92. The van der Waals surface area contributed by atoms with Crippen LogP contribution in [0.3, 0.4) is 0 Å². The number of furan rings is 1. The fourth-order valence-corrected chi connectivity index (χ4v) is 3.72. The van der Waals surface area contributed by atoms with E-state index >= 15 is 0 Å². The van der Waals surface area contributed by atoms with Gasteiger partial charge in [0, 0.05) is 11.9 Å². The molecule has 0 bridgehead atoms. The van der Waals surface area contributed by atoms with Crippen LogP contribution in [0.2, 0.25) is 0 Å². The SMILES string of the molecule is [C-]#[N+]/C(C#N)=C\C=C\c1ccc(-c2ccc(-c3ccc(/C=C(\C#N)[N+]#[C-])s3)n2C)o1. The van der Waals surface area contributed by atoms with Crippen molar-refractivity contribution in [2.75, 3.05) is 0 Å². The molecule has 6 nitrogen and oxygen atoms in total. The van der Waals surface area contributed by atoms with E-state index in [1.807, 2.05) is 54.1 Å². The molecule has 0 aromatic carbocycles. The van der Waals surface area contributed by atoms with Gasteiger partial charge in [0.25, 0.3) is 11.4 Å². The molecule has 0 aliphatic carbocycles. The number of nitrogens with zero attached hydrogens (tertiary/aromatic N) is 5. The first-order valence-corrected chi connectivity index (χ1v) is 9.42. The summed E-state index contributed by atoms with van der Waals surface area (Å²) in [6, 6.07) is 15.2. The first-order chi connectivity index (χ1) is 14.6. The summed E-state index contributed by atoms with van der Waals surface area (Å²) in [7, 11) is 1.94. The highest BCUT2D eigenvalue weighted by Gasteiger charge is 2.13. The minimum Gasteiger partial charge on any atom is -0.455 e. The summed E-state index contributed by atoms with van der Waals surface area (Å²) in [5, 5.41) is 17.7. The zero-order chi connectivity index (χ0) is 21.5. The summed E-state index contributed by atoms with van der Waals surface area (Å²) in [5.41, 5.74) is 1.94. The van der Waals surface area contributed by atoms with Crippen LogP contribution < -0.4 is 0 Å². The van der Waals surface area contributed by atoms with Gasteiger partial charge in [-0.3, -0.25) is 0 Å². The van der Waals surface area contributed by atoms with Crippen molar-refractivity contribution >= 4 is 23.5 Å². The molecule has 142 valence electrons. The van der Waals surface area contributed by atoms with Gasteiger partial charge in [0.2, 0.25) is 0 Å². The molecule has 0 atom stereocenters. The largest absolute Gasteiger partial charge is 0.455 e. The van der Waals surface area contributed by atoms with Crippen molar-refractivity contribution in [2.45, 2.75) is 0 Å². The van der Waals surface area contributed by atoms with Crippen LogP contribution in [-0.4, -0.2) is 4.57 Å². The Hall–Kier alpha value is -4.56. The van der Waals surface area contributed by atoms with E-state index in [-0.39, 0.29) is 11.4 Å². The van der Waals surface area contributed by atoms with E-state index in [0.717, 1.165) is 21.1 Å². The van der Waals surface area contributed by atoms with Crippen molar-refractivity contribution in [3.63, 3.8) is 0 Å². The number of rotatable bonds is 5. The predicted molar refractivity (Wildman–Crippen MR) is 116 cm³/mol. The second-order valence-electron chi connectivity index (χ2n) is 5.95. The summed E-state index contributed by atoms with van der Waals surface area (Å²) in [6.45, 7) is 13.8. The molecule has 0 fully saturated rings. The van der Waals surface area contributed by atoms with E-state index in [1.165, 1.54) is 17.4 Å². The van der Waals surface area contributed by atoms with Gasteiger partial charge in [-0.25, -0.2) is 20.2 Å². The van der Waals surface area contributed by atoms with Crippen molar-refractivity contribution in [3.05, 3.63) is 93.4 Å². The molecule has 0 aliphatic rings. The lowest BCUT2D eigenvalue weighted by Gasteiger charge is -2.04. The van der Waals surface area contributed by atoms with Gasteiger partial charge in [-0.1, -0.05) is 6.08 Å². The van der Waals surface area contributed by atoms with Crippen LogP contribution in [0.5, 0.6) is 0 Å². The topological polar surface area (TPSA) is 74.4 Å². The van der Waals surface area contributed by atoms with Gasteiger partial charge in [-0.2, -0.15) is 0 Å². The van der Waals surface area contributed by atoms with Gasteiger partial charge in [0.05, 0.1) is 41.5 Å². The van der Waals surface area contributed by atoms with E-state index < -0.39 is 0 Å². The number of hydrogen-bond donors (Lipinski definition) is 0. The second kappa shape index (κ2) is 9.09. The number of hydrogen-bond acceptors (Lipinski definition) is 4. The van der Waals surface area contributed by atoms with Gasteiger partial charge in [0.1, 0.15) is 5.76 Å². The van der Waals surface area contributed by atoms with Gasteiger partial charge >= 0.3 is 0 Å². The quantitative estimate of drug-likeness (QED) is 0.290. The van der Waals surface area contributed by atoms with Crippen LogP contribution in [0.1, 0.15) is 10.6 Å². The standard InChI is InChI=1S/C23H13N5OS/c1-26-16(14-24)5-4-6-18-7-11-22(29-18)20-9-10-21(28(20)3)23-12-8-19(30-23)13-17(15-25)27-2/h4-13H,3H3/b6-4+,16-5-,17-13+. The third kappa shape index (κ3) is 4.29. The molecule has 0 spiro atoms. The molecule has 0 saturated heterocycles. The number of nitriles is 2. The van der Waals surface area contributed by atoms with Gasteiger partial charge in [-0.05, 0) is 54.6 Å². The average Bonchev–Trinajstić information content (AvgIpc) is 3.49. The Morgan fingerprint density at radius 2 is 1.77 bits per heavy atom. The Kier molecular flexibility index (Phi) is 6.11. The Labute approximate surface area is 177 Å². The molecule has 0 saturated carbocycles. The van der Waals surface area contributed by atoms with Crippen LogP contribution in [0.4, 0.5) is 0 Å². The van der Waals surface area contributed by atoms with Crippen molar-refractivity contribution in [1.82, 2.24) is 4.57 Å². The van der Waals surface area contributed by atoms with E-state index in [1.54, 1.807) is 24.3 Å². The van der Waals surface area contributed by atoms with Crippen LogP contribution in [0.15, 0.2) is 64.4 Å². The lowest BCUT2D eigenvalue weighted by atomic mass is 10.3. The summed E-state index contributed by atoms with van der Waals surface area (Å²) in [4.78, 5) is 8.13. The smallest absolute Gasteiger partial charge is 0.263 e. The molecule has 7 heteroatoms. The third-order valence-electron chi connectivity index (χ3n) is 4.14. The minimum atomic E-state index is 0.00792. The van der Waals surface area contributed by atoms with Crippen molar-refractivity contribution < 1.29 is 4.42 Å². The minimum absolute atomic E-state index is 0.00792. The Morgan fingerprint density at radius 1 is 1.03 bits per heavy atom. The Balaban J connectivity index is 1.85. The maximum Gasteiger partial charge on any atom is 0.263 e. The van der Waals surface area contributed by atoms with Crippen molar-refractivity contribution in [1.29, 1.82) is 10.5 Å². The first-order valence-electron chi connectivity index (χ1n) is 8.61. The van der Waals surface area contributed by atoms with Gasteiger partial charge in [0.15, 0.2) is 5.76 Å². The third-order valence-corrected chi connectivity index (χ3v) is 5.20. The maximum atomic E-state index is 8.92. The maximum absolute atomic E-state index is 8.92. The van der Waals surface area contributed by atoms with E-state index in [9.17, 15) is 0 Å². The molecule has 3 aromatic heterocycles. The molecule has 0 aliphatic heterocycles. The lowest BCUT2D eigenvalue weighted by molar-refractivity contribution is 0.567. The molecule has 0 unspecified atom stereocenters. The zero-order valence-electron chi connectivity index (χ0n) is 15.8. The molecule has 0 radical (unpaired) electrons. The fraction of sp³-hybridized carbons (Fsp3) is 0.0435. The highest BCUT2D eigenvalue weighted by atomic mass is 32.1.